The van der Waals surface area contributed by atoms with Crippen LogP contribution in [0.3, 0.4) is 0 Å². The summed E-state index contributed by atoms with van der Waals surface area (Å²) in [6.07, 6.45) is 2.15. The van der Waals surface area contributed by atoms with E-state index in [0.29, 0.717) is 32.7 Å². The number of nitrogens with zero attached hydrogens (tertiary/aromatic N) is 6. The number of piperazine rings is 1. The summed E-state index contributed by atoms with van der Waals surface area (Å²) >= 11 is 0. The van der Waals surface area contributed by atoms with Crippen LogP contribution in [0.2, 0.25) is 0 Å². The molecule has 1 saturated heterocycles. The van der Waals surface area contributed by atoms with Crippen LogP contribution in [-0.2, 0) is 19.4 Å². The molecule has 2 aliphatic rings. The molecule has 178 valence electrons. The first-order valence-electron chi connectivity index (χ1n) is 11.1. The van der Waals surface area contributed by atoms with E-state index in [1.807, 2.05) is 6.92 Å². The molecular formula is C20H35F3IN7. The zero-order chi connectivity index (χ0) is 21.6. The summed E-state index contributed by atoms with van der Waals surface area (Å²) in [5.74, 6) is 2.93. The van der Waals surface area contributed by atoms with Gasteiger partial charge in [0.25, 0.3) is 0 Å². The number of rotatable bonds is 6. The van der Waals surface area contributed by atoms with Gasteiger partial charge in [-0.05, 0) is 33.1 Å². The van der Waals surface area contributed by atoms with Crippen LogP contribution in [0.15, 0.2) is 4.99 Å². The Kier molecular flexibility index (Phi) is 10.3. The topological polar surface area (TPSA) is 61.6 Å². The number of halogens is 4. The Morgan fingerprint density at radius 1 is 1.10 bits per heavy atom. The van der Waals surface area contributed by atoms with Crippen LogP contribution in [-0.4, -0.2) is 82.0 Å². The molecule has 1 fully saturated rings. The van der Waals surface area contributed by atoms with Crippen molar-refractivity contribution in [2.75, 3.05) is 39.3 Å². The predicted molar refractivity (Wildman–Crippen MR) is 126 cm³/mol. The van der Waals surface area contributed by atoms with Crippen molar-refractivity contribution >= 4 is 29.9 Å². The van der Waals surface area contributed by atoms with Gasteiger partial charge in [-0.15, -0.1) is 34.2 Å². The maximum atomic E-state index is 13.0. The molecule has 7 nitrogen and oxygen atoms in total. The van der Waals surface area contributed by atoms with Gasteiger partial charge in [0.05, 0.1) is 0 Å². The van der Waals surface area contributed by atoms with E-state index in [9.17, 15) is 13.2 Å². The number of nitrogens with one attached hydrogen (secondary N) is 1. The molecule has 0 radical (unpaired) electrons. The average Bonchev–Trinajstić information content (AvgIpc) is 2.95. The molecule has 1 atom stereocenters. The number of alkyl halides is 3. The van der Waals surface area contributed by atoms with Gasteiger partial charge < -0.3 is 14.8 Å². The van der Waals surface area contributed by atoms with Crippen molar-refractivity contribution in [2.24, 2.45) is 4.99 Å². The van der Waals surface area contributed by atoms with Gasteiger partial charge in [0, 0.05) is 58.7 Å². The van der Waals surface area contributed by atoms with Crippen molar-refractivity contribution in [3.05, 3.63) is 11.6 Å². The van der Waals surface area contributed by atoms with Gasteiger partial charge in [0.1, 0.15) is 17.7 Å². The second-order valence-electron chi connectivity index (χ2n) is 8.07. The lowest BCUT2D eigenvalue weighted by molar-refractivity contribution is -0.181. The summed E-state index contributed by atoms with van der Waals surface area (Å²) < 4.78 is 41.1. The molecule has 0 aliphatic carbocycles. The SMILES string of the molecule is CCNC(=NCCCc1nnc2n1CCCCC2)N1CCN(C(C)C(F)(F)F)CC1.I. The van der Waals surface area contributed by atoms with E-state index in [1.165, 1.54) is 31.1 Å². The minimum absolute atomic E-state index is 0. The van der Waals surface area contributed by atoms with E-state index >= 15 is 0 Å². The van der Waals surface area contributed by atoms with Crippen molar-refractivity contribution in [3.63, 3.8) is 0 Å². The van der Waals surface area contributed by atoms with E-state index in [4.69, 9.17) is 4.99 Å². The van der Waals surface area contributed by atoms with Crippen molar-refractivity contribution < 1.29 is 13.2 Å². The predicted octanol–water partition coefficient (Wildman–Crippen LogP) is 3.09. The molecule has 3 heterocycles. The first-order chi connectivity index (χ1) is 14.4. The smallest absolute Gasteiger partial charge is 0.357 e. The van der Waals surface area contributed by atoms with Crippen molar-refractivity contribution in [3.8, 4) is 0 Å². The van der Waals surface area contributed by atoms with Crippen LogP contribution in [0.4, 0.5) is 13.2 Å². The zero-order valence-corrected chi connectivity index (χ0v) is 20.8. The second-order valence-corrected chi connectivity index (χ2v) is 8.07. The number of aliphatic imine (C=N–C) groups is 1. The van der Waals surface area contributed by atoms with Crippen LogP contribution in [0.1, 0.15) is 51.2 Å². The second kappa shape index (κ2) is 12.2. The zero-order valence-electron chi connectivity index (χ0n) is 18.5. The standard InChI is InChI=1S/C20H34F3N7.HI/c1-3-24-19(29-14-12-28(13-15-29)16(2)20(21,22)23)25-10-7-9-18-27-26-17-8-5-4-6-11-30(17)18;/h16H,3-15H2,1-2H3,(H,24,25);1H. The number of aryl methyl sites for hydroxylation is 2. The van der Waals surface area contributed by atoms with Crippen molar-refractivity contribution in [1.82, 2.24) is 29.9 Å². The normalized spacial score (nSPS) is 19.4. The van der Waals surface area contributed by atoms with Gasteiger partial charge in [0.15, 0.2) is 5.96 Å². The minimum atomic E-state index is -4.18. The lowest BCUT2D eigenvalue weighted by Gasteiger charge is -2.39. The van der Waals surface area contributed by atoms with Gasteiger partial charge in [-0.3, -0.25) is 9.89 Å². The van der Waals surface area contributed by atoms with Gasteiger partial charge in [0.2, 0.25) is 0 Å². The molecule has 0 saturated carbocycles. The van der Waals surface area contributed by atoms with Crippen LogP contribution in [0.25, 0.3) is 0 Å². The molecular weight excluding hydrogens is 522 g/mol. The number of fused-ring (bicyclic) bond motifs is 1. The van der Waals surface area contributed by atoms with Crippen LogP contribution in [0.5, 0.6) is 0 Å². The van der Waals surface area contributed by atoms with E-state index in [1.54, 1.807) is 0 Å². The molecule has 1 aromatic heterocycles. The molecule has 1 unspecified atom stereocenters. The quantitative estimate of drug-likeness (QED) is 0.252. The summed E-state index contributed by atoms with van der Waals surface area (Å²) in [7, 11) is 0. The molecule has 0 spiro atoms. The van der Waals surface area contributed by atoms with E-state index in [2.05, 4.69) is 25.0 Å². The third-order valence-electron chi connectivity index (χ3n) is 5.98. The highest BCUT2D eigenvalue weighted by molar-refractivity contribution is 14.0. The monoisotopic (exact) mass is 557 g/mol. The third-order valence-corrected chi connectivity index (χ3v) is 5.98. The Hall–Kier alpha value is -1.11. The number of guanidine groups is 1. The molecule has 31 heavy (non-hydrogen) atoms. The minimum Gasteiger partial charge on any atom is -0.357 e. The molecule has 3 rings (SSSR count). The maximum Gasteiger partial charge on any atom is 0.403 e. The molecule has 0 bridgehead atoms. The Balaban J connectivity index is 0.00000341. The first-order valence-corrected chi connectivity index (χ1v) is 11.1. The largest absolute Gasteiger partial charge is 0.403 e. The molecule has 1 aromatic rings. The highest BCUT2D eigenvalue weighted by Crippen LogP contribution is 2.25. The number of hydrogen-bond acceptors (Lipinski definition) is 4. The molecule has 0 amide bonds. The highest BCUT2D eigenvalue weighted by atomic mass is 127. The maximum absolute atomic E-state index is 13.0. The Morgan fingerprint density at radius 2 is 1.84 bits per heavy atom. The van der Waals surface area contributed by atoms with Crippen LogP contribution < -0.4 is 5.32 Å². The Morgan fingerprint density at radius 3 is 2.52 bits per heavy atom. The Bertz CT molecular complexity index is 699. The lowest BCUT2D eigenvalue weighted by atomic mass is 10.2. The molecule has 2 aliphatic heterocycles. The Labute approximate surface area is 199 Å². The summed E-state index contributed by atoms with van der Waals surface area (Å²) in [6, 6.07) is -1.41. The van der Waals surface area contributed by atoms with Crippen LogP contribution in [0, 0.1) is 0 Å². The summed E-state index contributed by atoms with van der Waals surface area (Å²) in [4.78, 5) is 8.28. The molecule has 0 aromatic carbocycles. The number of aromatic nitrogens is 3. The third kappa shape index (κ3) is 7.19. The molecule has 1 N–H and O–H groups in total. The summed E-state index contributed by atoms with van der Waals surface area (Å²) in [5, 5.41) is 12.0. The van der Waals surface area contributed by atoms with Gasteiger partial charge in [-0.25, -0.2) is 0 Å². The van der Waals surface area contributed by atoms with Gasteiger partial charge >= 0.3 is 6.18 Å². The fourth-order valence-corrected chi connectivity index (χ4v) is 4.11. The average molecular weight is 557 g/mol. The number of hydrogen-bond donors (Lipinski definition) is 1. The van der Waals surface area contributed by atoms with E-state index in [-0.39, 0.29) is 24.0 Å². The molecule has 11 heteroatoms. The van der Waals surface area contributed by atoms with E-state index < -0.39 is 12.2 Å². The fraction of sp³-hybridized carbons (Fsp3) is 0.850. The van der Waals surface area contributed by atoms with Gasteiger partial charge in [-0.1, -0.05) is 6.42 Å². The van der Waals surface area contributed by atoms with Gasteiger partial charge in [-0.2, -0.15) is 13.2 Å². The van der Waals surface area contributed by atoms with Crippen LogP contribution >= 0.6 is 24.0 Å². The fourth-order valence-electron chi connectivity index (χ4n) is 4.11. The lowest BCUT2D eigenvalue weighted by Crippen LogP contribution is -2.56. The summed E-state index contributed by atoms with van der Waals surface area (Å²) in [6.45, 7) is 7.49. The highest BCUT2D eigenvalue weighted by Gasteiger charge is 2.41. The van der Waals surface area contributed by atoms with Crippen molar-refractivity contribution in [2.45, 2.75) is 71.1 Å². The first kappa shape index (κ1) is 26.1. The van der Waals surface area contributed by atoms with Crippen molar-refractivity contribution in [1.29, 1.82) is 0 Å². The van der Waals surface area contributed by atoms with E-state index in [0.717, 1.165) is 50.0 Å². The summed E-state index contributed by atoms with van der Waals surface area (Å²) in [5.41, 5.74) is 0.